The van der Waals surface area contributed by atoms with Gasteiger partial charge in [-0.2, -0.15) is 5.10 Å². The first-order valence-electron chi connectivity index (χ1n) is 12.2. The molecule has 160 valence electrons. The van der Waals surface area contributed by atoms with Crippen LogP contribution in [0.2, 0.25) is 6.75 Å². The van der Waals surface area contributed by atoms with Crippen LogP contribution in [0, 0.1) is 6.92 Å². The summed E-state index contributed by atoms with van der Waals surface area (Å²) in [5.41, 5.74) is 4.47. The standard InChI is InChI=1S/C26H27BN4O/c1-18-11-13-28-25(15-18)30-24-17-21(32-20-8-6-7-19(16-20)26(2,3)4)9-10-22(24)23-12-14-29-31(23)27(30)5/h6-17H,1-5H3/i5D3. The van der Waals surface area contributed by atoms with Crippen LogP contribution in [0.15, 0.2) is 73.1 Å². The molecule has 32 heavy (non-hydrogen) atoms. The second-order valence-corrected chi connectivity index (χ2v) is 9.15. The van der Waals surface area contributed by atoms with Gasteiger partial charge in [0.05, 0.1) is 5.69 Å². The van der Waals surface area contributed by atoms with Crippen molar-refractivity contribution < 1.29 is 8.85 Å². The van der Waals surface area contributed by atoms with E-state index in [-0.39, 0.29) is 5.41 Å². The Bertz CT molecular complexity index is 1390. The molecular formula is C26H27BN4O. The average molecular weight is 425 g/mol. The van der Waals surface area contributed by atoms with Crippen LogP contribution >= 0.6 is 0 Å². The van der Waals surface area contributed by atoms with Gasteiger partial charge in [0.2, 0.25) is 0 Å². The molecule has 0 spiro atoms. The van der Waals surface area contributed by atoms with Crippen molar-refractivity contribution in [3.8, 4) is 22.8 Å². The van der Waals surface area contributed by atoms with Gasteiger partial charge in [-0.1, -0.05) is 32.9 Å². The molecule has 5 rings (SSSR count). The molecule has 0 unspecified atom stereocenters. The van der Waals surface area contributed by atoms with Crippen LogP contribution < -0.4 is 9.55 Å². The van der Waals surface area contributed by atoms with E-state index in [1.165, 1.54) is 5.56 Å². The molecular weight excluding hydrogens is 395 g/mol. The van der Waals surface area contributed by atoms with Crippen molar-refractivity contribution in [3.63, 3.8) is 0 Å². The number of hydrogen-bond donors (Lipinski definition) is 0. The third kappa shape index (κ3) is 3.56. The quantitative estimate of drug-likeness (QED) is 0.353. The summed E-state index contributed by atoms with van der Waals surface area (Å²) in [5.74, 6) is 1.89. The summed E-state index contributed by atoms with van der Waals surface area (Å²) < 4.78 is 32.9. The molecule has 5 nitrogen and oxygen atoms in total. The zero-order valence-corrected chi connectivity index (χ0v) is 18.7. The van der Waals surface area contributed by atoms with Gasteiger partial charge in [0.1, 0.15) is 17.3 Å². The highest BCUT2D eigenvalue weighted by atomic mass is 16.5. The number of anilines is 2. The van der Waals surface area contributed by atoms with Crippen LogP contribution in [-0.4, -0.2) is 21.7 Å². The minimum Gasteiger partial charge on any atom is -0.457 e. The molecule has 2 aromatic heterocycles. The molecule has 4 aromatic rings. The lowest BCUT2D eigenvalue weighted by atomic mass is 9.73. The van der Waals surface area contributed by atoms with Crippen molar-refractivity contribution in [3.05, 3.63) is 84.2 Å². The maximum atomic E-state index is 8.36. The van der Waals surface area contributed by atoms with Gasteiger partial charge in [-0.25, -0.2) is 4.98 Å². The Morgan fingerprint density at radius 2 is 1.81 bits per heavy atom. The molecule has 0 saturated heterocycles. The van der Waals surface area contributed by atoms with E-state index in [9.17, 15) is 0 Å². The minimum atomic E-state index is -2.36. The molecule has 0 amide bonds. The molecule has 0 radical (unpaired) electrons. The smallest absolute Gasteiger partial charge is 0.401 e. The van der Waals surface area contributed by atoms with Gasteiger partial charge in [0.15, 0.2) is 0 Å². The predicted molar refractivity (Wildman–Crippen MR) is 131 cm³/mol. The Morgan fingerprint density at radius 3 is 2.59 bits per heavy atom. The topological polar surface area (TPSA) is 43.2 Å². The number of nitrogens with zero attached hydrogens (tertiary/aromatic N) is 4. The monoisotopic (exact) mass is 425 g/mol. The van der Waals surface area contributed by atoms with Crippen molar-refractivity contribution in [1.29, 1.82) is 0 Å². The third-order valence-electron chi connectivity index (χ3n) is 5.73. The van der Waals surface area contributed by atoms with Crippen LogP contribution in [0.1, 0.15) is 36.0 Å². The minimum absolute atomic E-state index is 0.00576. The first kappa shape index (κ1) is 17.1. The summed E-state index contributed by atoms with van der Waals surface area (Å²) in [6, 6.07) is 19.4. The van der Waals surface area contributed by atoms with E-state index in [1.54, 1.807) is 21.8 Å². The largest absolute Gasteiger partial charge is 0.457 e. The molecule has 2 aromatic carbocycles. The molecule has 1 aliphatic heterocycles. The summed E-state index contributed by atoms with van der Waals surface area (Å²) in [4.78, 5) is 6.27. The van der Waals surface area contributed by atoms with E-state index in [4.69, 9.17) is 8.85 Å². The third-order valence-corrected chi connectivity index (χ3v) is 5.73. The van der Waals surface area contributed by atoms with Crippen molar-refractivity contribution in [2.24, 2.45) is 0 Å². The zero-order valence-electron chi connectivity index (χ0n) is 21.7. The highest BCUT2D eigenvalue weighted by Crippen LogP contribution is 2.42. The van der Waals surface area contributed by atoms with E-state index in [2.05, 4.69) is 36.9 Å². The Morgan fingerprint density at radius 1 is 0.969 bits per heavy atom. The van der Waals surface area contributed by atoms with Gasteiger partial charge < -0.3 is 9.55 Å². The summed E-state index contributed by atoms with van der Waals surface area (Å²) >= 11 is 0. The number of aromatic nitrogens is 3. The number of rotatable bonds is 3. The van der Waals surface area contributed by atoms with Crippen LogP contribution in [-0.2, 0) is 5.41 Å². The Kier molecular flexibility index (Phi) is 4.03. The average Bonchev–Trinajstić information content (AvgIpc) is 3.26. The maximum Gasteiger partial charge on any atom is 0.401 e. The van der Waals surface area contributed by atoms with Crippen LogP contribution in [0.25, 0.3) is 11.3 Å². The van der Waals surface area contributed by atoms with Gasteiger partial charge in [-0.05, 0) is 72.7 Å². The van der Waals surface area contributed by atoms with Crippen LogP contribution in [0.3, 0.4) is 0 Å². The Labute approximate surface area is 194 Å². The molecule has 0 aliphatic carbocycles. The second-order valence-electron chi connectivity index (χ2n) is 9.15. The first-order valence-corrected chi connectivity index (χ1v) is 10.7. The molecule has 0 N–H and O–H groups in total. The SMILES string of the molecule is [2H]C([2H])([2H])B1N(c2cc(C)ccn2)c2cc(Oc3cccc(C(C)(C)C)c3)ccc2-c2ccnn21. The molecule has 0 bridgehead atoms. The van der Waals surface area contributed by atoms with Gasteiger partial charge in [-0.15, -0.1) is 0 Å². The summed E-state index contributed by atoms with van der Waals surface area (Å²) in [5, 5.41) is 4.38. The predicted octanol–water partition coefficient (Wildman–Crippen LogP) is 6.46. The number of benzene rings is 2. The lowest BCUT2D eigenvalue weighted by Gasteiger charge is -2.35. The number of ether oxygens (including phenoxy) is 1. The fourth-order valence-electron chi connectivity index (χ4n) is 4.02. The van der Waals surface area contributed by atoms with E-state index in [0.717, 1.165) is 22.6 Å². The zero-order chi connectivity index (χ0) is 25.0. The number of aryl methyl sites for hydroxylation is 1. The number of pyridine rings is 1. The Balaban J connectivity index is 1.65. The summed E-state index contributed by atoms with van der Waals surface area (Å²) in [7, 11) is 0. The van der Waals surface area contributed by atoms with Crippen molar-refractivity contribution in [2.75, 3.05) is 4.81 Å². The van der Waals surface area contributed by atoms with E-state index in [0.29, 0.717) is 17.3 Å². The molecule has 3 heterocycles. The summed E-state index contributed by atoms with van der Waals surface area (Å²) in [6.45, 7) is 5.04. The van der Waals surface area contributed by atoms with E-state index in [1.807, 2.05) is 61.5 Å². The summed E-state index contributed by atoms with van der Waals surface area (Å²) in [6.07, 6.45) is 3.32. The van der Waals surface area contributed by atoms with Gasteiger partial charge in [-0.3, -0.25) is 4.59 Å². The lowest BCUT2D eigenvalue weighted by Crippen LogP contribution is -2.44. The molecule has 0 fully saturated rings. The lowest BCUT2D eigenvalue weighted by molar-refractivity contribution is 0.479. The van der Waals surface area contributed by atoms with Crippen molar-refractivity contribution in [1.82, 2.24) is 14.7 Å². The second kappa shape index (κ2) is 7.55. The van der Waals surface area contributed by atoms with Crippen molar-refractivity contribution >= 4 is 18.5 Å². The Hall–Kier alpha value is -3.54. The number of fused-ring (bicyclic) bond motifs is 3. The normalized spacial score (nSPS) is 14.8. The fourth-order valence-corrected chi connectivity index (χ4v) is 4.02. The van der Waals surface area contributed by atoms with Crippen LogP contribution in [0.4, 0.5) is 11.5 Å². The highest BCUT2D eigenvalue weighted by Gasteiger charge is 2.34. The molecule has 0 saturated carbocycles. The van der Waals surface area contributed by atoms with E-state index < -0.39 is 13.7 Å². The number of hydrogen-bond acceptors (Lipinski definition) is 4. The molecule has 1 aliphatic rings. The highest BCUT2D eigenvalue weighted by molar-refractivity contribution is 6.63. The van der Waals surface area contributed by atoms with Crippen LogP contribution in [0.5, 0.6) is 11.5 Å². The first-order chi connectivity index (χ1) is 16.5. The van der Waals surface area contributed by atoms with Crippen molar-refractivity contribution in [2.45, 2.75) is 39.9 Å². The molecule has 6 heteroatoms. The molecule has 0 atom stereocenters. The van der Waals surface area contributed by atoms with Gasteiger partial charge in [0, 0.05) is 33.8 Å². The van der Waals surface area contributed by atoms with Gasteiger partial charge >= 0.3 is 6.98 Å². The van der Waals surface area contributed by atoms with E-state index >= 15 is 0 Å². The maximum absolute atomic E-state index is 8.36. The fraction of sp³-hybridized carbons (Fsp3) is 0.231. The van der Waals surface area contributed by atoms with Gasteiger partial charge in [0.25, 0.3) is 0 Å².